The molecule has 0 saturated heterocycles. The largest absolute Gasteiger partial charge is 0.506 e. The van der Waals surface area contributed by atoms with Gasteiger partial charge >= 0.3 is 5.97 Å². The molecule has 0 aliphatic rings. The van der Waals surface area contributed by atoms with Crippen LogP contribution in [-0.4, -0.2) is 21.3 Å². The van der Waals surface area contributed by atoms with Gasteiger partial charge in [0.05, 0.1) is 10.6 Å². The van der Waals surface area contributed by atoms with Gasteiger partial charge in [-0.15, -0.1) is 0 Å². The fourth-order valence-electron chi connectivity index (χ4n) is 1.81. The summed E-state index contributed by atoms with van der Waals surface area (Å²) in [6, 6.07) is 7.41. The molecule has 0 aliphatic heterocycles. The van der Waals surface area contributed by atoms with Crippen LogP contribution in [0.15, 0.2) is 30.3 Å². The van der Waals surface area contributed by atoms with Gasteiger partial charge in [0, 0.05) is 11.3 Å². The molecule has 0 unspecified atom stereocenters. The van der Waals surface area contributed by atoms with Crippen LogP contribution >= 0.6 is 23.2 Å². The van der Waals surface area contributed by atoms with E-state index >= 15 is 0 Å². The first-order chi connectivity index (χ1) is 10.3. The van der Waals surface area contributed by atoms with Crippen molar-refractivity contribution in [2.45, 2.75) is 0 Å². The quantitative estimate of drug-likeness (QED) is 0.388. The first-order valence-electron chi connectivity index (χ1n) is 6.02. The van der Waals surface area contributed by atoms with Crippen LogP contribution < -0.4 is 5.73 Å². The molecule has 0 aromatic heterocycles. The van der Waals surface area contributed by atoms with E-state index in [9.17, 15) is 20.1 Å². The number of aliphatic carboxylic acids is 1. The van der Waals surface area contributed by atoms with Crippen molar-refractivity contribution in [1.82, 2.24) is 0 Å². The number of hydrogen-bond donors (Lipinski definition) is 4. The van der Waals surface area contributed by atoms with Gasteiger partial charge < -0.3 is 21.1 Å². The van der Waals surface area contributed by atoms with Crippen LogP contribution in [0.25, 0.3) is 11.6 Å². The van der Waals surface area contributed by atoms with E-state index in [1.54, 1.807) is 12.1 Å². The highest BCUT2D eigenvalue weighted by Gasteiger charge is 2.16. The Bertz CT molecular complexity index is 770. The number of nitrogen functional groups attached to an aromatic ring is 1. The van der Waals surface area contributed by atoms with Gasteiger partial charge in [-0.2, -0.15) is 0 Å². The smallest absolute Gasteiger partial charge is 0.336 e. The molecular formula is C15H11Cl2NO4. The summed E-state index contributed by atoms with van der Waals surface area (Å²) in [7, 11) is 0. The van der Waals surface area contributed by atoms with Crippen LogP contribution in [0.4, 0.5) is 5.69 Å². The fraction of sp³-hybridized carbons (Fsp3) is 0. The monoisotopic (exact) mass is 339 g/mol. The molecule has 0 amide bonds. The second kappa shape index (κ2) is 6.17. The Balaban J connectivity index is 2.61. The van der Waals surface area contributed by atoms with Crippen LogP contribution in [0.5, 0.6) is 11.5 Å². The fourth-order valence-corrected chi connectivity index (χ4v) is 2.29. The van der Waals surface area contributed by atoms with Crippen molar-refractivity contribution in [3.05, 3.63) is 51.5 Å². The van der Waals surface area contributed by atoms with Crippen molar-refractivity contribution < 1.29 is 20.1 Å². The van der Waals surface area contributed by atoms with Crippen molar-refractivity contribution in [1.29, 1.82) is 0 Å². The molecule has 0 fully saturated rings. The van der Waals surface area contributed by atoms with Crippen LogP contribution in [0.1, 0.15) is 11.1 Å². The maximum absolute atomic E-state index is 11.4. The van der Waals surface area contributed by atoms with Gasteiger partial charge in [-0.25, -0.2) is 4.79 Å². The van der Waals surface area contributed by atoms with Gasteiger partial charge in [0.2, 0.25) is 0 Å². The highest BCUT2D eigenvalue weighted by Crippen LogP contribution is 2.42. The lowest BCUT2D eigenvalue weighted by atomic mass is 10.0. The molecule has 5 nitrogen and oxygen atoms in total. The van der Waals surface area contributed by atoms with Gasteiger partial charge in [0.1, 0.15) is 10.8 Å². The number of carboxylic acid groups (broad SMARTS) is 1. The molecule has 0 spiro atoms. The number of halogens is 2. The van der Waals surface area contributed by atoms with E-state index in [-0.39, 0.29) is 21.2 Å². The molecule has 0 aliphatic carbocycles. The predicted octanol–water partition coefficient (Wildman–Crippen LogP) is 3.61. The number of benzene rings is 2. The minimum absolute atomic E-state index is 0.0713. The van der Waals surface area contributed by atoms with E-state index < -0.39 is 17.5 Å². The van der Waals surface area contributed by atoms with Crippen molar-refractivity contribution in [2.75, 3.05) is 5.73 Å². The SMILES string of the molecule is Nc1ccc(/C(=C/c2cc(Cl)c(O)c(Cl)c2O)C(=O)O)cc1. The number of carboxylic acids is 1. The Labute approximate surface area is 135 Å². The Morgan fingerprint density at radius 1 is 1.09 bits per heavy atom. The number of anilines is 1. The number of phenolic OH excluding ortho intramolecular Hbond substituents is 2. The van der Waals surface area contributed by atoms with Gasteiger partial charge in [-0.3, -0.25) is 0 Å². The average Bonchev–Trinajstić information content (AvgIpc) is 2.48. The molecule has 22 heavy (non-hydrogen) atoms. The van der Waals surface area contributed by atoms with E-state index in [4.69, 9.17) is 28.9 Å². The first kappa shape index (κ1) is 16.0. The van der Waals surface area contributed by atoms with Crippen molar-refractivity contribution >= 4 is 46.5 Å². The number of hydrogen-bond acceptors (Lipinski definition) is 4. The highest BCUT2D eigenvalue weighted by atomic mass is 35.5. The normalized spacial score (nSPS) is 11.5. The Morgan fingerprint density at radius 2 is 1.68 bits per heavy atom. The molecule has 5 N–H and O–H groups in total. The van der Waals surface area contributed by atoms with Crippen LogP contribution in [0, 0.1) is 0 Å². The van der Waals surface area contributed by atoms with Crippen molar-refractivity contribution in [3.63, 3.8) is 0 Å². The molecule has 0 atom stereocenters. The van der Waals surface area contributed by atoms with E-state index in [1.165, 1.54) is 24.3 Å². The maximum Gasteiger partial charge on any atom is 0.336 e. The summed E-state index contributed by atoms with van der Waals surface area (Å²) >= 11 is 11.5. The van der Waals surface area contributed by atoms with Crippen LogP contribution in [0.2, 0.25) is 10.0 Å². The van der Waals surface area contributed by atoms with E-state index in [1.807, 2.05) is 0 Å². The number of aromatic hydroxyl groups is 2. The average molecular weight is 340 g/mol. The lowest BCUT2D eigenvalue weighted by Crippen LogP contribution is -2.00. The number of carbonyl (C=O) groups is 1. The minimum Gasteiger partial charge on any atom is -0.506 e. The third-order valence-corrected chi connectivity index (χ3v) is 3.60. The molecule has 2 rings (SSSR count). The number of rotatable bonds is 3. The topological polar surface area (TPSA) is 104 Å². The molecule has 2 aromatic rings. The first-order valence-corrected chi connectivity index (χ1v) is 6.77. The summed E-state index contributed by atoms with van der Waals surface area (Å²) in [5.74, 6) is -2.13. The zero-order valence-electron chi connectivity index (χ0n) is 11.0. The van der Waals surface area contributed by atoms with E-state index in [0.717, 1.165) is 0 Å². The standard InChI is InChI=1S/C15H11Cl2NO4/c16-11-6-8(13(19)12(17)14(11)20)5-10(15(21)22)7-1-3-9(18)4-2-7/h1-6,19-20H,18H2,(H,21,22)/b10-5-. The number of phenols is 2. The summed E-state index contributed by atoms with van der Waals surface area (Å²) < 4.78 is 0. The maximum atomic E-state index is 11.4. The molecule has 0 radical (unpaired) electrons. The second-order valence-electron chi connectivity index (χ2n) is 4.44. The van der Waals surface area contributed by atoms with Crippen LogP contribution in [0.3, 0.4) is 0 Å². The number of nitrogens with two attached hydrogens (primary N) is 1. The van der Waals surface area contributed by atoms with Crippen LogP contribution in [-0.2, 0) is 4.79 Å². The summed E-state index contributed by atoms with van der Waals surface area (Å²) in [5, 5.41) is 28.3. The molecule has 7 heteroatoms. The second-order valence-corrected chi connectivity index (χ2v) is 5.23. The summed E-state index contributed by atoms with van der Waals surface area (Å²) in [4.78, 5) is 11.4. The summed E-state index contributed by atoms with van der Waals surface area (Å²) in [6.45, 7) is 0. The molecular weight excluding hydrogens is 329 g/mol. The molecule has 0 heterocycles. The van der Waals surface area contributed by atoms with Gasteiger partial charge in [-0.1, -0.05) is 35.3 Å². The zero-order chi connectivity index (χ0) is 16.4. The summed E-state index contributed by atoms with van der Waals surface area (Å²) in [6.07, 6.45) is 1.21. The van der Waals surface area contributed by atoms with Crippen molar-refractivity contribution in [2.24, 2.45) is 0 Å². The van der Waals surface area contributed by atoms with Gasteiger partial charge in [0.15, 0.2) is 5.75 Å². The lowest BCUT2D eigenvalue weighted by molar-refractivity contribution is -0.130. The Kier molecular flexibility index (Phi) is 4.49. The minimum atomic E-state index is -1.20. The highest BCUT2D eigenvalue weighted by molar-refractivity contribution is 6.38. The molecule has 2 aromatic carbocycles. The summed E-state index contributed by atoms with van der Waals surface area (Å²) in [5.41, 5.74) is 6.43. The molecule has 0 saturated carbocycles. The van der Waals surface area contributed by atoms with Gasteiger partial charge in [-0.05, 0) is 29.8 Å². The third-order valence-electron chi connectivity index (χ3n) is 2.95. The molecule has 0 bridgehead atoms. The third kappa shape index (κ3) is 3.10. The Hall–Kier alpha value is -2.37. The predicted molar refractivity (Wildman–Crippen MR) is 86.2 cm³/mol. The Morgan fingerprint density at radius 3 is 2.23 bits per heavy atom. The zero-order valence-corrected chi connectivity index (χ0v) is 12.6. The lowest BCUT2D eigenvalue weighted by Gasteiger charge is -2.08. The van der Waals surface area contributed by atoms with Crippen molar-refractivity contribution in [3.8, 4) is 11.5 Å². The van der Waals surface area contributed by atoms with E-state index in [2.05, 4.69) is 0 Å². The van der Waals surface area contributed by atoms with E-state index in [0.29, 0.717) is 11.3 Å². The molecule has 114 valence electrons. The van der Waals surface area contributed by atoms with Gasteiger partial charge in [0.25, 0.3) is 0 Å².